The number of rotatable bonds is 4. The molecule has 0 bridgehead atoms. The van der Waals surface area contributed by atoms with Gasteiger partial charge < -0.3 is 9.88 Å². The van der Waals surface area contributed by atoms with Crippen molar-refractivity contribution in [3.05, 3.63) is 94.3 Å². The Morgan fingerprint density at radius 1 is 0.875 bits per heavy atom. The normalized spacial score (nSPS) is 16.9. The first-order valence-corrected chi connectivity index (χ1v) is 11.5. The first-order chi connectivity index (χ1) is 15.6. The number of H-pyrrole nitrogens is 1. The lowest BCUT2D eigenvalue weighted by atomic mass is 9.93. The van der Waals surface area contributed by atoms with Crippen molar-refractivity contribution in [3.63, 3.8) is 0 Å². The summed E-state index contributed by atoms with van der Waals surface area (Å²) in [7, 11) is 0. The quantitative estimate of drug-likeness (QED) is 0.672. The Hall–Kier alpha value is -3.18. The van der Waals surface area contributed by atoms with Gasteiger partial charge in [0, 0.05) is 43.9 Å². The number of carbonyl (C=O) groups excluding carboxylic acids is 2. The summed E-state index contributed by atoms with van der Waals surface area (Å²) in [5.74, 6) is 0.178. The van der Waals surface area contributed by atoms with E-state index in [2.05, 4.69) is 58.4 Å². The number of hydrogen-bond donors (Lipinski definition) is 1. The Labute approximate surface area is 189 Å². The molecular formula is C27H29N3O2. The monoisotopic (exact) mass is 427 g/mol. The highest BCUT2D eigenvalue weighted by Gasteiger charge is 2.32. The number of benzene rings is 2. The molecular weight excluding hydrogens is 398 g/mol. The molecule has 2 heterocycles. The topological polar surface area (TPSA) is 56.4 Å². The van der Waals surface area contributed by atoms with Gasteiger partial charge >= 0.3 is 0 Å². The van der Waals surface area contributed by atoms with Gasteiger partial charge in [0.15, 0.2) is 5.78 Å². The minimum absolute atomic E-state index is 0.0142. The molecule has 0 unspecified atom stereocenters. The highest BCUT2D eigenvalue weighted by molar-refractivity contribution is 6.04. The third-order valence-electron chi connectivity index (χ3n) is 6.85. The summed E-state index contributed by atoms with van der Waals surface area (Å²) in [5, 5.41) is 0. The molecule has 0 saturated carbocycles. The molecule has 5 rings (SSSR count). The summed E-state index contributed by atoms with van der Waals surface area (Å²) in [6.45, 7) is 4.86. The van der Waals surface area contributed by atoms with E-state index in [1.807, 2.05) is 24.0 Å². The fourth-order valence-corrected chi connectivity index (χ4v) is 5.21. The van der Waals surface area contributed by atoms with Gasteiger partial charge in [-0.05, 0) is 36.5 Å². The Bertz CT molecular complexity index is 1070. The Kier molecular flexibility index (Phi) is 5.66. The Balaban J connectivity index is 1.34. The first-order valence-electron chi connectivity index (χ1n) is 11.5. The molecule has 5 nitrogen and oxygen atoms in total. The molecule has 1 aliphatic carbocycles. The van der Waals surface area contributed by atoms with Crippen LogP contribution < -0.4 is 0 Å². The van der Waals surface area contributed by atoms with E-state index in [4.69, 9.17) is 0 Å². The number of nitrogens with one attached hydrogen (secondary N) is 1. The first kappa shape index (κ1) is 20.7. The maximum Gasteiger partial charge on any atom is 0.270 e. The number of nitrogens with zero attached hydrogens (tertiary/aromatic N) is 2. The maximum atomic E-state index is 13.3. The van der Waals surface area contributed by atoms with Crippen molar-refractivity contribution in [2.75, 3.05) is 26.2 Å². The van der Waals surface area contributed by atoms with Crippen LogP contribution in [0.3, 0.4) is 0 Å². The average Bonchev–Trinajstić information content (AvgIpc) is 3.18. The van der Waals surface area contributed by atoms with Crippen LogP contribution in [0.25, 0.3) is 0 Å². The van der Waals surface area contributed by atoms with Gasteiger partial charge in [-0.1, -0.05) is 60.7 Å². The molecule has 2 aliphatic rings. The second-order valence-electron chi connectivity index (χ2n) is 8.81. The van der Waals surface area contributed by atoms with E-state index in [1.54, 1.807) is 0 Å². The van der Waals surface area contributed by atoms with Crippen molar-refractivity contribution < 1.29 is 9.59 Å². The van der Waals surface area contributed by atoms with Gasteiger partial charge in [0.05, 0.1) is 6.04 Å². The van der Waals surface area contributed by atoms with E-state index in [0.717, 1.165) is 42.8 Å². The number of fused-ring (bicyclic) bond motifs is 1. The third-order valence-corrected chi connectivity index (χ3v) is 6.85. The number of aromatic nitrogens is 1. The van der Waals surface area contributed by atoms with Crippen LogP contribution in [-0.4, -0.2) is 52.7 Å². The van der Waals surface area contributed by atoms with Gasteiger partial charge in [-0.3, -0.25) is 14.5 Å². The zero-order valence-corrected chi connectivity index (χ0v) is 18.5. The van der Waals surface area contributed by atoms with Crippen LogP contribution in [0, 0.1) is 6.92 Å². The number of hydrogen-bond acceptors (Lipinski definition) is 3. The van der Waals surface area contributed by atoms with Crippen LogP contribution in [0.1, 0.15) is 62.1 Å². The lowest BCUT2D eigenvalue weighted by Crippen LogP contribution is -2.50. The fourth-order valence-electron chi connectivity index (χ4n) is 5.21. The maximum absolute atomic E-state index is 13.3. The molecule has 2 aromatic carbocycles. The molecule has 1 aliphatic heterocycles. The van der Waals surface area contributed by atoms with Crippen molar-refractivity contribution in [2.45, 2.75) is 32.2 Å². The molecule has 1 N–H and O–H groups in total. The summed E-state index contributed by atoms with van der Waals surface area (Å²) < 4.78 is 0. The fraction of sp³-hybridized carbons (Fsp3) is 0.333. The number of amides is 1. The van der Waals surface area contributed by atoms with E-state index in [-0.39, 0.29) is 17.7 Å². The second kappa shape index (κ2) is 8.75. The number of ketones is 1. The molecule has 1 fully saturated rings. The molecule has 5 heteroatoms. The third kappa shape index (κ3) is 3.78. The Morgan fingerprint density at radius 2 is 1.47 bits per heavy atom. The molecule has 0 atom stereocenters. The van der Waals surface area contributed by atoms with E-state index in [1.165, 1.54) is 11.1 Å². The van der Waals surface area contributed by atoms with Gasteiger partial charge in [0.2, 0.25) is 0 Å². The zero-order valence-electron chi connectivity index (χ0n) is 18.5. The van der Waals surface area contributed by atoms with Crippen molar-refractivity contribution >= 4 is 11.7 Å². The summed E-state index contributed by atoms with van der Waals surface area (Å²) in [5.41, 5.74) is 5.65. The van der Waals surface area contributed by atoms with Gasteiger partial charge in [0.25, 0.3) is 5.91 Å². The van der Waals surface area contributed by atoms with Crippen LogP contribution in [0.2, 0.25) is 0 Å². The Morgan fingerprint density at radius 3 is 2.03 bits per heavy atom. The lowest BCUT2D eigenvalue weighted by molar-refractivity contribution is 0.0591. The van der Waals surface area contributed by atoms with Crippen LogP contribution in [0.4, 0.5) is 0 Å². The van der Waals surface area contributed by atoms with Crippen LogP contribution >= 0.6 is 0 Å². The summed E-state index contributed by atoms with van der Waals surface area (Å²) >= 11 is 0. The molecule has 1 saturated heterocycles. The smallest absolute Gasteiger partial charge is 0.270 e. The molecule has 32 heavy (non-hydrogen) atoms. The summed E-state index contributed by atoms with van der Waals surface area (Å²) in [4.78, 5) is 33.4. The zero-order chi connectivity index (χ0) is 22.1. The molecule has 1 aromatic heterocycles. The molecule has 164 valence electrons. The van der Waals surface area contributed by atoms with Crippen LogP contribution in [-0.2, 0) is 6.42 Å². The number of Topliss-reactive ketones (excluding diaryl/α,β-unsaturated/α-hetero) is 1. The van der Waals surface area contributed by atoms with E-state index in [0.29, 0.717) is 25.2 Å². The minimum Gasteiger partial charge on any atom is -0.354 e. The molecule has 0 radical (unpaired) electrons. The van der Waals surface area contributed by atoms with Gasteiger partial charge in [-0.25, -0.2) is 0 Å². The van der Waals surface area contributed by atoms with Gasteiger partial charge in [-0.2, -0.15) is 0 Å². The van der Waals surface area contributed by atoms with Crippen molar-refractivity contribution in [3.8, 4) is 0 Å². The number of piperazine rings is 1. The van der Waals surface area contributed by atoms with Crippen LogP contribution in [0.15, 0.2) is 60.7 Å². The molecule has 0 spiro atoms. The van der Waals surface area contributed by atoms with Gasteiger partial charge in [-0.15, -0.1) is 0 Å². The second-order valence-corrected chi connectivity index (χ2v) is 8.81. The minimum atomic E-state index is 0.0142. The van der Waals surface area contributed by atoms with E-state index < -0.39 is 0 Å². The van der Waals surface area contributed by atoms with E-state index >= 15 is 0 Å². The van der Waals surface area contributed by atoms with Crippen molar-refractivity contribution in [1.82, 2.24) is 14.8 Å². The number of aryl methyl sites for hydroxylation is 1. The highest BCUT2D eigenvalue weighted by Crippen LogP contribution is 2.31. The van der Waals surface area contributed by atoms with Crippen molar-refractivity contribution in [2.24, 2.45) is 0 Å². The lowest BCUT2D eigenvalue weighted by Gasteiger charge is -2.39. The average molecular weight is 428 g/mol. The highest BCUT2D eigenvalue weighted by atomic mass is 16.2. The van der Waals surface area contributed by atoms with Crippen LogP contribution in [0.5, 0.6) is 0 Å². The predicted octanol–water partition coefficient (Wildman–Crippen LogP) is 4.39. The SMILES string of the molecule is Cc1c(C(=O)N2CCN(C(c3ccccc3)c3ccccc3)CC2)[nH]c2c1C(=O)CCC2. The summed E-state index contributed by atoms with van der Waals surface area (Å²) in [6, 6.07) is 21.3. The molecule has 3 aromatic rings. The van der Waals surface area contributed by atoms with Gasteiger partial charge in [0.1, 0.15) is 5.69 Å². The largest absolute Gasteiger partial charge is 0.354 e. The molecule has 1 amide bonds. The number of aromatic amines is 1. The summed E-state index contributed by atoms with van der Waals surface area (Å²) in [6.07, 6.45) is 2.29. The van der Waals surface area contributed by atoms with Crippen molar-refractivity contribution in [1.29, 1.82) is 0 Å². The standard InChI is InChI=1S/C27H29N3O2/c1-19-24-22(13-8-14-23(24)31)28-25(19)27(32)30-17-15-29(16-18-30)26(20-9-4-2-5-10-20)21-11-6-3-7-12-21/h2-7,9-12,26,28H,8,13-18H2,1H3. The number of carbonyl (C=O) groups is 2. The predicted molar refractivity (Wildman–Crippen MR) is 125 cm³/mol. The van der Waals surface area contributed by atoms with E-state index in [9.17, 15) is 9.59 Å².